The molecular formula is C22H21N5O2S. The van der Waals surface area contributed by atoms with Crippen molar-refractivity contribution in [2.75, 3.05) is 0 Å². The molecule has 0 saturated heterocycles. The quantitative estimate of drug-likeness (QED) is 0.465. The zero-order chi connectivity index (χ0) is 20.8. The van der Waals surface area contributed by atoms with Crippen LogP contribution in [-0.2, 0) is 17.6 Å². The van der Waals surface area contributed by atoms with E-state index in [1.54, 1.807) is 29.9 Å². The molecule has 0 spiro atoms. The maximum absolute atomic E-state index is 12.7. The van der Waals surface area contributed by atoms with Gasteiger partial charge < -0.3 is 9.84 Å². The van der Waals surface area contributed by atoms with E-state index in [0.29, 0.717) is 24.6 Å². The van der Waals surface area contributed by atoms with Gasteiger partial charge in [-0.2, -0.15) is 16.3 Å². The highest BCUT2D eigenvalue weighted by Gasteiger charge is 2.19. The normalized spacial score (nSPS) is 11.9. The average molecular weight is 420 g/mol. The summed E-state index contributed by atoms with van der Waals surface area (Å²) in [4.78, 5) is 25.6. The predicted octanol–water partition coefficient (Wildman–Crippen LogP) is 3.93. The van der Waals surface area contributed by atoms with E-state index in [2.05, 4.69) is 36.9 Å². The number of rotatable bonds is 8. The molecule has 4 heterocycles. The van der Waals surface area contributed by atoms with Gasteiger partial charge in [0.2, 0.25) is 17.6 Å². The molecule has 0 aliphatic heterocycles. The van der Waals surface area contributed by atoms with Crippen LogP contribution in [-0.4, -0.2) is 26.0 Å². The lowest BCUT2D eigenvalue weighted by Gasteiger charge is -2.19. The zero-order valence-corrected chi connectivity index (χ0v) is 17.3. The van der Waals surface area contributed by atoms with Crippen LogP contribution >= 0.6 is 11.3 Å². The summed E-state index contributed by atoms with van der Waals surface area (Å²) >= 11 is 1.64. The fraction of sp³-hybridized carbons (Fsp3) is 0.227. The van der Waals surface area contributed by atoms with Gasteiger partial charge in [0.15, 0.2) is 0 Å². The summed E-state index contributed by atoms with van der Waals surface area (Å²) in [6.07, 6.45) is 6.43. The lowest BCUT2D eigenvalue weighted by molar-refractivity contribution is -0.121. The minimum absolute atomic E-state index is 0.0820. The first-order chi connectivity index (χ1) is 14.7. The van der Waals surface area contributed by atoms with Gasteiger partial charge in [0.1, 0.15) is 0 Å². The second-order valence-electron chi connectivity index (χ2n) is 6.91. The number of hydrogen-bond donors (Lipinski definition) is 1. The highest BCUT2D eigenvalue weighted by molar-refractivity contribution is 7.07. The Morgan fingerprint density at radius 2 is 2.13 bits per heavy atom. The number of thiophene rings is 1. The number of aromatic nitrogens is 4. The minimum atomic E-state index is -0.193. The van der Waals surface area contributed by atoms with Crippen LogP contribution in [0.3, 0.4) is 0 Å². The largest absolute Gasteiger partial charge is 0.347 e. The van der Waals surface area contributed by atoms with E-state index in [0.717, 1.165) is 16.8 Å². The van der Waals surface area contributed by atoms with Crippen molar-refractivity contribution in [3.8, 4) is 11.4 Å². The standard InChI is InChI=1S/C22H21N5O2S/c1-15-4-2-10-24-21(15)18(12-16-8-11-30-14-16)25-19(28)6-7-20-26-22(27-29-20)17-5-3-9-23-13-17/h2-5,8-11,13-14,18H,6-7,12H2,1H3,(H,25,28). The number of nitrogens with one attached hydrogen (secondary N) is 1. The van der Waals surface area contributed by atoms with Crippen LogP contribution < -0.4 is 5.32 Å². The molecule has 1 N–H and O–H groups in total. The number of carbonyl (C=O) groups is 1. The third-order valence-corrected chi connectivity index (χ3v) is 5.42. The number of amides is 1. The Morgan fingerprint density at radius 1 is 1.23 bits per heavy atom. The first kappa shape index (κ1) is 19.9. The Kier molecular flexibility index (Phi) is 6.24. The summed E-state index contributed by atoms with van der Waals surface area (Å²) in [5, 5.41) is 11.2. The number of pyridine rings is 2. The van der Waals surface area contributed by atoms with E-state index in [4.69, 9.17) is 4.52 Å². The Bertz CT molecular complexity index is 1100. The van der Waals surface area contributed by atoms with Crippen LogP contribution in [0.4, 0.5) is 0 Å². The summed E-state index contributed by atoms with van der Waals surface area (Å²) in [6.45, 7) is 2.01. The fourth-order valence-corrected chi connectivity index (χ4v) is 3.86. The molecule has 0 aliphatic carbocycles. The molecule has 0 bridgehead atoms. The van der Waals surface area contributed by atoms with Crippen LogP contribution in [0.25, 0.3) is 11.4 Å². The molecular weight excluding hydrogens is 398 g/mol. The van der Waals surface area contributed by atoms with E-state index in [1.165, 1.54) is 5.56 Å². The van der Waals surface area contributed by atoms with Crippen molar-refractivity contribution < 1.29 is 9.32 Å². The second-order valence-corrected chi connectivity index (χ2v) is 7.69. The smallest absolute Gasteiger partial charge is 0.227 e. The number of carbonyl (C=O) groups excluding carboxylic acids is 1. The van der Waals surface area contributed by atoms with Gasteiger partial charge in [0, 0.05) is 37.0 Å². The van der Waals surface area contributed by atoms with Crippen LogP contribution in [0.2, 0.25) is 0 Å². The van der Waals surface area contributed by atoms with Crippen molar-refractivity contribution >= 4 is 17.2 Å². The molecule has 152 valence electrons. The van der Waals surface area contributed by atoms with Crippen LogP contribution in [0.1, 0.15) is 35.2 Å². The molecule has 1 unspecified atom stereocenters. The Hall–Kier alpha value is -3.39. The van der Waals surface area contributed by atoms with E-state index in [1.807, 2.05) is 36.6 Å². The SMILES string of the molecule is Cc1cccnc1C(Cc1ccsc1)NC(=O)CCc1nc(-c2cccnc2)no1. The highest BCUT2D eigenvalue weighted by Crippen LogP contribution is 2.21. The summed E-state index contributed by atoms with van der Waals surface area (Å²) in [5.74, 6) is 0.812. The van der Waals surface area contributed by atoms with Gasteiger partial charge in [-0.1, -0.05) is 11.2 Å². The third kappa shape index (κ3) is 4.96. The number of aryl methyl sites for hydroxylation is 2. The molecule has 4 aromatic heterocycles. The Labute approximate surface area is 178 Å². The van der Waals surface area contributed by atoms with Crippen molar-refractivity contribution in [1.82, 2.24) is 25.4 Å². The molecule has 0 aliphatic rings. The third-order valence-electron chi connectivity index (χ3n) is 4.69. The predicted molar refractivity (Wildman–Crippen MR) is 114 cm³/mol. The van der Waals surface area contributed by atoms with Crippen molar-refractivity contribution in [3.63, 3.8) is 0 Å². The van der Waals surface area contributed by atoms with Crippen LogP contribution in [0, 0.1) is 6.92 Å². The average Bonchev–Trinajstić information content (AvgIpc) is 3.45. The lowest BCUT2D eigenvalue weighted by Crippen LogP contribution is -2.31. The molecule has 1 amide bonds. The summed E-state index contributed by atoms with van der Waals surface area (Å²) in [6, 6.07) is 9.46. The van der Waals surface area contributed by atoms with Gasteiger partial charge in [0.25, 0.3) is 0 Å². The monoisotopic (exact) mass is 419 g/mol. The van der Waals surface area contributed by atoms with Crippen molar-refractivity contribution in [3.05, 3.63) is 82.4 Å². The van der Waals surface area contributed by atoms with Crippen molar-refractivity contribution in [2.45, 2.75) is 32.2 Å². The zero-order valence-electron chi connectivity index (χ0n) is 16.5. The first-order valence-electron chi connectivity index (χ1n) is 9.64. The molecule has 4 rings (SSSR count). The maximum atomic E-state index is 12.7. The Morgan fingerprint density at radius 3 is 2.90 bits per heavy atom. The van der Waals surface area contributed by atoms with Crippen LogP contribution in [0.5, 0.6) is 0 Å². The molecule has 1 atom stereocenters. The van der Waals surface area contributed by atoms with Crippen LogP contribution in [0.15, 0.2) is 64.2 Å². The van der Waals surface area contributed by atoms with E-state index < -0.39 is 0 Å². The lowest BCUT2D eigenvalue weighted by atomic mass is 10.0. The van der Waals surface area contributed by atoms with Gasteiger partial charge in [-0.05, 0) is 59.5 Å². The molecule has 8 heteroatoms. The van der Waals surface area contributed by atoms with E-state index >= 15 is 0 Å². The second kappa shape index (κ2) is 9.41. The van der Waals surface area contributed by atoms with Gasteiger partial charge in [0.05, 0.1) is 11.7 Å². The van der Waals surface area contributed by atoms with Gasteiger partial charge in [-0.25, -0.2) is 0 Å². The topological polar surface area (TPSA) is 93.8 Å². The number of nitrogens with zero attached hydrogens (tertiary/aromatic N) is 4. The minimum Gasteiger partial charge on any atom is -0.347 e. The van der Waals surface area contributed by atoms with E-state index in [-0.39, 0.29) is 18.4 Å². The fourth-order valence-electron chi connectivity index (χ4n) is 3.18. The van der Waals surface area contributed by atoms with Gasteiger partial charge >= 0.3 is 0 Å². The molecule has 0 aromatic carbocycles. The van der Waals surface area contributed by atoms with Crippen molar-refractivity contribution in [2.24, 2.45) is 0 Å². The first-order valence-corrected chi connectivity index (χ1v) is 10.6. The molecule has 30 heavy (non-hydrogen) atoms. The molecule has 0 fully saturated rings. The highest BCUT2D eigenvalue weighted by atomic mass is 32.1. The summed E-state index contributed by atoms with van der Waals surface area (Å²) in [5.41, 5.74) is 3.89. The van der Waals surface area contributed by atoms with Crippen molar-refractivity contribution in [1.29, 1.82) is 0 Å². The molecule has 0 radical (unpaired) electrons. The molecule has 4 aromatic rings. The maximum Gasteiger partial charge on any atom is 0.227 e. The number of hydrogen-bond acceptors (Lipinski definition) is 7. The summed E-state index contributed by atoms with van der Waals surface area (Å²) < 4.78 is 5.28. The van der Waals surface area contributed by atoms with Gasteiger partial charge in [-0.3, -0.25) is 14.8 Å². The summed E-state index contributed by atoms with van der Waals surface area (Å²) in [7, 11) is 0. The Balaban J connectivity index is 1.40. The molecule has 7 nitrogen and oxygen atoms in total. The van der Waals surface area contributed by atoms with Gasteiger partial charge in [-0.15, -0.1) is 0 Å². The van der Waals surface area contributed by atoms with E-state index in [9.17, 15) is 4.79 Å². The molecule has 0 saturated carbocycles.